The van der Waals surface area contributed by atoms with Gasteiger partial charge < -0.3 is 9.47 Å². The molecule has 4 heteroatoms. The number of esters is 2. The first-order valence-electron chi connectivity index (χ1n) is 8.66. The molecule has 0 aliphatic rings. The van der Waals surface area contributed by atoms with Crippen molar-refractivity contribution < 1.29 is 19.1 Å². The second-order valence-corrected chi connectivity index (χ2v) is 7.22. The van der Waals surface area contributed by atoms with Crippen molar-refractivity contribution in [1.82, 2.24) is 0 Å². The number of carbonyl (C=O) groups excluding carboxylic acids is 2. The minimum atomic E-state index is -0.365. The van der Waals surface area contributed by atoms with E-state index in [9.17, 15) is 9.59 Å². The average Bonchev–Trinajstić information content (AvgIpc) is 2.56. The molecular weight excluding hydrogens is 304 g/mol. The highest BCUT2D eigenvalue weighted by Gasteiger charge is 2.15. The minimum Gasteiger partial charge on any atom is -0.462 e. The summed E-state index contributed by atoms with van der Waals surface area (Å²) < 4.78 is 10.6. The van der Waals surface area contributed by atoms with E-state index in [2.05, 4.69) is 41.5 Å². The van der Waals surface area contributed by atoms with Crippen LogP contribution in [0.25, 0.3) is 0 Å². The van der Waals surface area contributed by atoms with Gasteiger partial charge >= 0.3 is 11.9 Å². The molecule has 1 rings (SSSR count). The van der Waals surface area contributed by atoms with Crippen LogP contribution in [0.15, 0.2) is 24.3 Å². The Labute approximate surface area is 145 Å². The van der Waals surface area contributed by atoms with E-state index >= 15 is 0 Å². The first-order chi connectivity index (χ1) is 11.2. The Bertz CT molecular complexity index is 482. The molecule has 4 nitrogen and oxygen atoms in total. The van der Waals surface area contributed by atoms with Gasteiger partial charge in [-0.05, 0) is 47.9 Å². The normalized spacial score (nSPS) is 13.7. The Morgan fingerprint density at radius 1 is 0.708 bits per heavy atom. The maximum absolute atomic E-state index is 12.0. The van der Waals surface area contributed by atoms with Gasteiger partial charge in [-0.2, -0.15) is 0 Å². The van der Waals surface area contributed by atoms with Crippen molar-refractivity contribution in [2.75, 3.05) is 13.2 Å². The van der Waals surface area contributed by atoms with Crippen LogP contribution in [-0.2, 0) is 9.47 Å². The van der Waals surface area contributed by atoms with Gasteiger partial charge in [0, 0.05) is 0 Å². The molecule has 0 fully saturated rings. The molecule has 0 radical (unpaired) electrons. The fraction of sp³-hybridized carbons (Fsp3) is 0.600. The number of carbonyl (C=O) groups is 2. The van der Waals surface area contributed by atoms with E-state index in [4.69, 9.17) is 9.47 Å². The second-order valence-electron chi connectivity index (χ2n) is 7.22. The summed E-state index contributed by atoms with van der Waals surface area (Å²) in [5.74, 6) is 0.815. The summed E-state index contributed by atoms with van der Waals surface area (Å²) in [5, 5.41) is 0. The molecule has 0 spiro atoms. The number of ether oxygens (including phenoxy) is 2. The Kier molecular flexibility index (Phi) is 7.96. The molecule has 0 aliphatic heterocycles. The second kappa shape index (κ2) is 9.45. The fourth-order valence-corrected chi connectivity index (χ4v) is 1.71. The highest BCUT2D eigenvalue weighted by Crippen LogP contribution is 2.14. The summed E-state index contributed by atoms with van der Waals surface area (Å²) in [6.07, 6.45) is 0. The van der Waals surface area contributed by atoms with Crippen molar-refractivity contribution in [3.8, 4) is 0 Å². The van der Waals surface area contributed by atoms with Crippen LogP contribution in [0.5, 0.6) is 0 Å². The monoisotopic (exact) mass is 334 g/mol. The maximum atomic E-state index is 12.0. The third kappa shape index (κ3) is 6.34. The van der Waals surface area contributed by atoms with Crippen molar-refractivity contribution in [2.24, 2.45) is 23.7 Å². The van der Waals surface area contributed by atoms with Gasteiger partial charge in [-0.25, -0.2) is 9.59 Å². The zero-order valence-electron chi connectivity index (χ0n) is 15.7. The van der Waals surface area contributed by atoms with Gasteiger partial charge in [-0.1, -0.05) is 41.5 Å². The van der Waals surface area contributed by atoms with E-state index in [1.54, 1.807) is 24.3 Å². The molecule has 0 N–H and O–H groups in total. The van der Waals surface area contributed by atoms with E-state index in [-0.39, 0.29) is 11.9 Å². The predicted molar refractivity (Wildman–Crippen MR) is 95.0 cm³/mol. The average molecular weight is 334 g/mol. The van der Waals surface area contributed by atoms with Gasteiger partial charge in [0.25, 0.3) is 0 Å². The van der Waals surface area contributed by atoms with Crippen molar-refractivity contribution in [3.05, 3.63) is 35.4 Å². The van der Waals surface area contributed by atoms with Crippen LogP contribution >= 0.6 is 0 Å². The predicted octanol–water partition coefficient (Wildman–Crippen LogP) is 4.58. The molecule has 2 atom stereocenters. The molecule has 134 valence electrons. The van der Waals surface area contributed by atoms with Gasteiger partial charge in [0.1, 0.15) is 0 Å². The van der Waals surface area contributed by atoms with Crippen molar-refractivity contribution in [1.29, 1.82) is 0 Å². The first-order valence-corrected chi connectivity index (χ1v) is 8.66. The van der Waals surface area contributed by atoms with E-state index in [0.29, 0.717) is 48.0 Å². The number of hydrogen-bond donors (Lipinski definition) is 0. The summed E-state index contributed by atoms with van der Waals surface area (Å²) in [6.45, 7) is 13.3. The molecule has 24 heavy (non-hydrogen) atoms. The third-order valence-electron chi connectivity index (χ3n) is 4.59. The lowest BCUT2D eigenvalue weighted by atomic mass is 9.99. The molecule has 0 saturated heterocycles. The lowest BCUT2D eigenvalue weighted by Gasteiger charge is -2.16. The largest absolute Gasteiger partial charge is 0.462 e. The van der Waals surface area contributed by atoms with Crippen LogP contribution in [0.3, 0.4) is 0 Å². The van der Waals surface area contributed by atoms with Gasteiger partial charge in [0.05, 0.1) is 24.3 Å². The number of benzene rings is 1. The SMILES string of the molecule is CC(C)C(C)COC(=O)c1ccc(C(=O)OCC(C)C(C)C)cc1. The molecule has 1 aromatic rings. The van der Waals surface area contributed by atoms with E-state index < -0.39 is 0 Å². The number of rotatable bonds is 8. The Balaban J connectivity index is 2.55. The van der Waals surface area contributed by atoms with Crippen LogP contribution in [-0.4, -0.2) is 25.2 Å². The lowest BCUT2D eigenvalue weighted by molar-refractivity contribution is 0.0405. The molecule has 0 amide bonds. The summed E-state index contributed by atoms with van der Waals surface area (Å²) in [7, 11) is 0. The van der Waals surface area contributed by atoms with E-state index in [0.717, 1.165) is 0 Å². The Morgan fingerprint density at radius 3 is 1.25 bits per heavy atom. The molecule has 0 saturated carbocycles. The topological polar surface area (TPSA) is 52.6 Å². The Hall–Kier alpha value is -1.84. The molecular formula is C20H30O4. The van der Waals surface area contributed by atoms with E-state index in [1.165, 1.54) is 0 Å². The van der Waals surface area contributed by atoms with E-state index in [1.807, 2.05) is 0 Å². The van der Waals surface area contributed by atoms with Crippen LogP contribution < -0.4 is 0 Å². The fourth-order valence-electron chi connectivity index (χ4n) is 1.71. The molecule has 0 aromatic heterocycles. The lowest BCUT2D eigenvalue weighted by Crippen LogP contribution is -2.17. The van der Waals surface area contributed by atoms with Gasteiger partial charge in [-0.15, -0.1) is 0 Å². The van der Waals surface area contributed by atoms with Gasteiger partial charge in [0.2, 0.25) is 0 Å². The van der Waals surface area contributed by atoms with Crippen LogP contribution in [0.4, 0.5) is 0 Å². The van der Waals surface area contributed by atoms with Crippen LogP contribution in [0, 0.1) is 23.7 Å². The third-order valence-corrected chi connectivity index (χ3v) is 4.59. The smallest absolute Gasteiger partial charge is 0.338 e. The van der Waals surface area contributed by atoms with Crippen molar-refractivity contribution in [3.63, 3.8) is 0 Å². The van der Waals surface area contributed by atoms with Crippen LogP contribution in [0.1, 0.15) is 62.3 Å². The standard InChI is InChI=1S/C20H30O4/c1-13(2)15(5)11-23-19(21)17-7-9-18(10-8-17)20(22)24-12-16(6)14(3)4/h7-10,13-16H,11-12H2,1-6H3. The quantitative estimate of drug-likeness (QED) is 0.653. The first kappa shape index (κ1) is 20.2. The molecule has 1 aromatic carbocycles. The zero-order chi connectivity index (χ0) is 18.3. The number of hydrogen-bond acceptors (Lipinski definition) is 4. The summed E-state index contributed by atoms with van der Waals surface area (Å²) >= 11 is 0. The molecule has 0 aliphatic carbocycles. The summed E-state index contributed by atoms with van der Waals surface area (Å²) in [6, 6.07) is 6.41. The molecule has 2 unspecified atom stereocenters. The molecule has 0 heterocycles. The zero-order valence-corrected chi connectivity index (χ0v) is 15.7. The summed E-state index contributed by atoms with van der Waals surface area (Å²) in [5.41, 5.74) is 0.885. The van der Waals surface area contributed by atoms with Gasteiger partial charge in [-0.3, -0.25) is 0 Å². The van der Waals surface area contributed by atoms with Crippen LogP contribution in [0.2, 0.25) is 0 Å². The molecule has 0 bridgehead atoms. The van der Waals surface area contributed by atoms with Gasteiger partial charge in [0.15, 0.2) is 0 Å². The van der Waals surface area contributed by atoms with Crippen molar-refractivity contribution in [2.45, 2.75) is 41.5 Å². The Morgan fingerprint density at radius 2 is 1.00 bits per heavy atom. The maximum Gasteiger partial charge on any atom is 0.338 e. The highest BCUT2D eigenvalue weighted by atomic mass is 16.5. The summed E-state index contributed by atoms with van der Waals surface area (Å²) in [4.78, 5) is 24.0. The minimum absolute atomic E-state index is 0.311. The highest BCUT2D eigenvalue weighted by molar-refractivity contribution is 5.93. The van der Waals surface area contributed by atoms with Crippen molar-refractivity contribution >= 4 is 11.9 Å².